The number of aryl methyl sites for hydroxylation is 2. The molecule has 0 aliphatic heterocycles. The van der Waals surface area contributed by atoms with Gasteiger partial charge in [-0.3, -0.25) is 4.90 Å². The van der Waals surface area contributed by atoms with E-state index in [2.05, 4.69) is 5.32 Å². The first-order valence-corrected chi connectivity index (χ1v) is 6.20. The van der Waals surface area contributed by atoms with Gasteiger partial charge in [0.15, 0.2) is 5.60 Å². The lowest BCUT2D eigenvalue weighted by molar-refractivity contribution is -0.155. The van der Waals surface area contributed by atoms with Gasteiger partial charge in [-0.2, -0.15) is 0 Å². The third-order valence-electron chi connectivity index (χ3n) is 3.06. The summed E-state index contributed by atoms with van der Waals surface area (Å²) < 4.78 is 0. The van der Waals surface area contributed by atoms with E-state index >= 15 is 0 Å². The number of hydrogen-bond donors (Lipinski definition) is 3. The Bertz CT molecular complexity index is 526. The Hall–Kier alpha value is -2.08. The number of rotatable bonds is 4. The highest BCUT2D eigenvalue weighted by molar-refractivity contribution is 5.92. The Labute approximate surface area is 118 Å². The van der Waals surface area contributed by atoms with Gasteiger partial charge in [-0.25, -0.2) is 9.59 Å². The van der Waals surface area contributed by atoms with Crippen molar-refractivity contribution in [2.45, 2.75) is 26.4 Å². The molecule has 0 heterocycles. The topological polar surface area (TPSA) is 89.9 Å². The summed E-state index contributed by atoms with van der Waals surface area (Å²) in [5, 5.41) is 20.7. The standard InChI is InChI=1S/C14H20N2O4/c1-9-5-6-11(10(2)7-9)16(4)13(19)15-8-14(3,20)12(17)18/h5-7,20H,8H2,1-4H3,(H,15,19)(H,17,18). The molecule has 6 heteroatoms. The Balaban J connectivity index is 2.75. The molecule has 1 unspecified atom stereocenters. The minimum atomic E-state index is -1.99. The number of carbonyl (C=O) groups excluding carboxylic acids is 1. The zero-order valence-corrected chi connectivity index (χ0v) is 12.1. The highest BCUT2D eigenvalue weighted by Crippen LogP contribution is 2.19. The molecular formula is C14H20N2O4. The smallest absolute Gasteiger partial charge is 0.337 e. The van der Waals surface area contributed by atoms with Crippen molar-refractivity contribution >= 4 is 17.7 Å². The van der Waals surface area contributed by atoms with Gasteiger partial charge in [0, 0.05) is 12.7 Å². The summed E-state index contributed by atoms with van der Waals surface area (Å²) in [6.07, 6.45) is 0. The summed E-state index contributed by atoms with van der Waals surface area (Å²) in [6.45, 7) is 4.61. The Morgan fingerprint density at radius 2 is 1.95 bits per heavy atom. The number of carbonyl (C=O) groups is 2. The van der Waals surface area contributed by atoms with Crippen molar-refractivity contribution in [1.29, 1.82) is 0 Å². The van der Waals surface area contributed by atoms with Crippen LogP contribution in [0.15, 0.2) is 18.2 Å². The van der Waals surface area contributed by atoms with E-state index in [1.807, 2.05) is 32.0 Å². The second kappa shape index (κ2) is 5.92. The second-order valence-electron chi connectivity index (χ2n) is 5.09. The summed E-state index contributed by atoms with van der Waals surface area (Å²) in [6, 6.07) is 5.18. The number of aliphatic carboxylic acids is 1. The van der Waals surface area contributed by atoms with Crippen molar-refractivity contribution in [2.75, 3.05) is 18.5 Å². The molecule has 110 valence electrons. The monoisotopic (exact) mass is 280 g/mol. The minimum Gasteiger partial charge on any atom is -0.479 e. The summed E-state index contributed by atoms with van der Waals surface area (Å²) in [5.74, 6) is -1.38. The number of aliphatic hydroxyl groups is 1. The first-order valence-electron chi connectivity index (χ1n) is 6.20. The van der Waals surface area contributed by atoms with Crippen LogP contribution >= 0.6 is 0 Å². The van der Waals surface area contributed by atoms with Crippen molar-refractivity contribution < 1.29 is 19.8 Å². The number of anilines is 1. The van der Waals surface area contributed by atoms with Crippen LogP contribution in [0.2, 0.25) is 0 Å². The molecule has 0 bridgehead atoms. The van der Waals surface area contributed by atoms with Gasteiger partial charge in [0.25, 0.3) is 0 Å². The molecule has 6 nitrogen and oxygen atoms in total. The van der Waals surface area contributed by atoms with Crippen LogP contribution in [0.1, 0.15) is 18.1 Å². The number of amides is 2. The average molecular weight is 280 g/mol. The fourth-order valence-electron chi connectivity index (χ4n) is 1.73. The molecule has 0 radical (unpaired) electrons. The highest BCUT2D eigenvalue weighted by atomic mass is 16.4. The van der Waals surface area contributed by atoms with E-state index in [4.69, 9.17) is 5.11 Å². The fourth-order valence-corrected chi connectivity index (χ4v) is 1.73. The molecule has 20 heavy (non-hydrogen) atoms. The third-order valence-corrected chi connectivity index (χ3v) is 3.06. The lowest BCUT2D eigenvalue weighted by Gasteiger charge is -2.23. The van der Waals surface area contributed by atoms with Gasteiger partial charge in [0.2, 0.25) is 0 Å². The molecular weight excluding hydrogens is 260 g/mol. The van der Waals surface area contributed by atoms with Crippen molar-refractivity contribution in [3.05, 3.63) is 29.3 Å². The second-order valence-corrected chi connectivity index (χ2v) is 5.09. The van der Waals surface area contributed by atoms with Gasteiger partial charge >= 0.3 is 12.0 Å². The first-order chi connectivity index (χ1) is 9.15. The molecule has 0 saturated carbocycles. The summed E-state index contributed by atoms with van der Waals surface area (Å²) in [5.41, 5.74) is 0.767. The Morgan fingerprint density at radius 3 is 2.45 bits per heavy atom. The number of urea groups is 1. The number of carboxylic acids is 1. The maximum atomic E-state index is 12.0. The molecule has 0 aliphatic carbocycles. The van der Waals surface area contributed by atoms with Crippen molar-refractivity contribution in [3.63, 3.8) is 0 Å². The van der Waals surface area contributed by atoms with Crippen LogP contribution in [0.4, 0.5) is 10.5 Å². The van der Waals surface area contributed by atoms with Crippen LogP contribution < -0.4 is 10.2 Å². The van der Waals surface area contributed by atoms with Crippen molar-refractivity contribution in [2.24, 2.45) is 0 Å². The van der Waals surface area contributed by atoms with Gasteiger partial charge < -0.3 is 15.5 Å². The lowest BCUT2D eigenvalue weighted by Crippen LogP contribution is -2.49. The van der Waals surface area contributed by atoms with Crippen molar-refractivity contribution in [1.82, 2.24) is 5.32 Å². The highest BCUT2D eigenvalue weighted by Gasteiger charge is 2.30. The molecule has 3 N–H and O–H groups in total. The molecule has 1 rings (SSSR count). The molecule has 0 spiro atoms. The normalized spacial score (nSPS) is 13.4. The maximum Gasteiger partial charge on any atom is 0.337 e. The molecule has 0 fully saturated rings. The third kappa shape index (κ3) is 3.71. The van der Waals surface area contributed by atoms with Gasteiger partial charge in [-0.1, -0.05) is 17.7 Å². The molecule has 0 aliphatic rings. The van der Waals surface area contributed by atoms with Crippen LogP contribution in [0, 0.1) is 13.8 Å². The number of carboxylic acid groups (broad SMARTS) is 1. The molecule has 1 aromatic rings. The summed E-state index contributed by atoms with van der Waals surface area (Å²) in [7, 11) is 1.59. The molecule has 1 atom stereocenters. The average Bonchev–Trinajstić information content (AvgIpc) is 2.35. The summed E-state index contributed by atoms with van der Waals surface area (Å²) in [4.78, 5) is 24.1. The van der Waals surface area contributed by atoms with E-state index in [1.54, 1.807) is 7.05 Å². The summed E-state index contributed by atoms with van der Waals surface area (Å²) >= 11 is 0. The van der Waals surface area contributed by atoms with Crippen LogP contribution in [-0.2, 0) is 4.79 Å². The number of benzene rings is 1. The van der Waals surface area contributed by atoms with Crippen LogP contribution in [0.25, 0.3) is 0 Å². The first kappa shape index (κ1) is 16.0. The molecule has 2 amide bonds. The Kier molecular flexibility index (Phi) is 4.73. The molecule has 0 aromatic heterocycles. The van der Waals surface area contributed by atoms with Crippen LogP contribution in [0.5, 0.6) is 0 Å². The minimum absolute atomic E-state index is 0.365. The van der Waals surface area contributed by atoms with E-state index in [-0.39, 0.29) is 6.54 Å². The van der Waals surface area contributed by atoms with E-state index in [9.17, 15) is 14.7 Å². The SMILES string of the molecule is Cc1ccc(N(C)C(=O)NCC(C)(O)C(=O)O)c(C)c1. The number of hydrogen-bond acceptors (Lipinski definition) is 3. The predicted octanol–water partition coefficient (Wildman–Crippen LogP) is 1.28. The Morgan fingerprint density at radius 1 is 1.35 bits per heavy atom. The van der Waals surface area contributed by atoms with Crippen LogP contribution in [0.3, 0.4) is 0 Å². The fraction of sp³-hybridized carbons (Fsp3) is 0.429. The number of nitrogens with one attached hydrogen (secondary N) is 1. The van der Waals surface area contributed by atoms with Gasteiger partial charge in [0.1, 0.15) is 0 Å². The van der Waals surface area contributed by atoms with E-state index in [0.717, 1.165) is 23.7 Å². The van der Waals surface area contributed by atoms with E-state index in [1.165, 1.54) is 4.90 Å². The quantitative estimate of drug-likeness (QED) is 0.775. The zero-order valence-electron chi connectivity index (χ0n) is 12.1. The maximum absolute atomic E-state index is 12.0. The van der Waals surface area contributed by atoms with Gasteiger partial charge in [-0.15, -0.1) is 0 Å². The van der Waals surface area contributed by atoms with E-state index in [0.29, 0.717) is 0 Å². The molecule has 1 aromatic carbocycles. The van der Waals surface area contributed by atoms with Crippen LogP contribution in [-0.4, -0.2) is 41.4 Å². The zero-order chi connectivity index (χ0) is 15.5. The molecule has 0 saturated heterocycles. The lowest BCUT2D eigenvalue weighted by atomic mass is 10.1. The largest absolute Gasteiger partial charge is 0.479 e. The van der Waals surface area contributed by atoms with Gasteiger partial charge in [-0.05, 0) is 32.4 Å². The number of nitrogens with zero attached hydrogens (tertiary/aromatic N) is 1. The van der Waals surface area contributed by atoms with Crippen molar-refractivity contribution in [3.8, 4) is 0 Å². The van der Waals surface area contributed by atoms with E-state index < -0.39 is 17.6 Å². The van der Waals surface area contributed by atoms with Gasteiger partial charge in [0.05, 0.1) is 6.54 Å². The predicted molar refractivity (Wildman–Crippen MR) is 76.0 cm³/mol.